The average molecular weight is 347 g/mol. The Balaban J connectivity index is 1.90. The third-order valence-corrected chi connectivity index (χ3v) is 5.85. The highest BCUT2D eigenvalue weighted by atomic mass is 79.9. The van der Waals surface area contributed by atoms with Gasteiger partial charge in [-0.15, -0.1) is 0 Å². The lowest BCUT2D eigenvalue weighted by Crippen LogP contribution is -2.25. The highest BCUT2D eigenvalue weighted by Crippen LogP contribution is 2.62. The minimum Gasteiger partial charge on any atom is -0.310 e. The first-order chi connectivity index (χ1) is 9.13. The average Bonchev–Trinajstić information content (AvgIpc) is 2.82. The van der Waals surface area contributed by atoms with Gasteiger partial charge in [0.1, 0.15) is 5.82 Å². The van der Waals surface area contributed by atoms with Gasteiger partial charge in [-0.3, -0.25) is 0 Å². The van der Waals surface area contributed by atoms with Crippen LogP contribution in [0.15, 0.2) is 16.6 Å². The first kappa shape index (κ1) is 13.8. The maximum Gasteiger partial charge on any atom is 0.129 e. The van der Waals surface area contributed by atoms with Crippen molar-refractivity contribution in [1.82, 2.24) is 5.32 Å². The second kappa shape index (κ2) is 5.34. The van der Waals surface area contributed by atoms with Crippen molar-refractivity contribution in [2.45, 2.75) is 32.2 Å². The van der Waals surface area contributed by atoms with E-state index in [0.717, 1.165) is 23.9 Å². The van der Waals surface area contributed by atoms with Crippen LogP contribution in [0.5, 0.6) is 0 Å². The molecular weight excluding hydrogens is 329 g/mol. The lowest BCUT2D eigenvalue weighted by Gasteiger charge is -2.21. The van der Waals surface area contributed by atoms with E-state index in [9.17, 15) is 4.39 Å². The minimum atomic E-state index is -0.160. The lowest BCUT2D eigenvalue weighted by molar-refractivity contribution is 0.411. The van der Waals surface area contributed by atoms with Gasteiger partial charge in [0, 0.05) is 16.1 Å². The van der Waals surface area contributed by atoms with Crippen LogP contribution in [-0.4, -0.2) is 6.54 Å². The Morgan fingerprint density at radius 3 is 2.74 bits per heavy atom. The van der Waals surface area contributed by atoms with Crippen LogP contribution >= 0.6 is 27.5 Å². The maximum atomic E-state index is 14.2. The molecule has 2 aliphatic rings. The second-order valence-electron chi connectivity index (χ2n) is 5.66. The number of hydrogen-bond acceptors (Lipinski definition) is 1. The summed E-state index contributed by atoms with van der Waals surface area (Å²) in [6.45, 7) is 2.93. The molecule has 2 fully saturated rings. The van der Waals surface area contributed by atoms with E-state index >= 15 is 0 Å². The van der Waals surface area contributed by atoms with Gasteiger partial charge in [0.2, 0.25) is 0 Å². The summed E-state index contributed by atoms with van der Waals surface area (Å²) in [5, 5.41) is 4.05. The van der Waals surface area contributed by atoms with Crippen molar-refractivity contribution in [3.8, 4) is 0 Å². The Bertz CT molecular complexity index is 483. The van der Waals surface area contributed by atoms with Crippen molar-refractivity contribution in [1.29, 1.82) is 0 Å². The minimum absolute atomic E-state index is 0.117. The molecule has 2 saturated carbocycles. The summed E-state index contributed by atoms with van der Waals surface area (Å²) < 4.78 is 14.9. The summed E-state index contributed by atoms with van der Waals surface area (Å²) in [6, 6.07) is 3.38. The van der Waals surface area contributed by atoms with Crippen LogP contribution in [0.4, 0.5) is 4.39 Å². The maximum absolute atomic E-state index is 14.2. The molecule has 1 aromatic rings. The van der Waals surface area contributed by atoms with Gasteiger partial charge in [-0.1, -0.05) is 24.9 Å². The Kier molecular flexibility index (Phi) is 3.89. The number of fused-ring (bicyclic) bond motifs is 1. The summed E-state index contributed by atoms with van der Waals surface area (Å²) in [6.07, 6.45) is 3.96. The van der Waals surface area contributed by atoms with E-state index in [1.807, 2.05) is 0 Å². The SMILES string of the molecule is CCNC(c1cc(Cl)c(Br)cc1F)C1C2CCCC21. The molecule has 0 radical (unpaired) electrons. The number of halogens is 3. The molecular formula is C15H18BrClFN. The van der Waals surface area contributed by atoms with Crippen LogP contribution in [0.25, 0.3) is 0 Å². The first-order valence-corrected chi connectivity index (χ1v) is 8.18. The highest BCUT2D eigenvalue weighted by molar-refractivity contribution is 9.10. The Morgan fingerprint density at radius 2 is 2.11 bits per heavy atom. The van der Waals surface area contributed by atoms with Gasteiger partial charge in [0.05, 0.1) is 5.02 Å². The van der Waals surface area contributed by atoms with E-state index in [-0.39, 0.29) is 11.9 Å². The van der Waals surface area contributed by atoms with E-state index < -0.39 is 0 Å². The third kappa shape index (κ3) is 2.45. The molecule has 2 aliphatic carbocycles. The van der Waals surface area contributed by atoms with Gasteiger partial charge in [0.25, 0.3) is 0 Å². The van der Waals surface area contributed by atoms with Gasteiger partial charge in [0.15, 0.2) is 0 Å². The van der Waals surface area contributed by atoms with Crippen molar-refractivity contribution >= 4 is 27.5 Å². The fourth-order valence-corrected chi connectivity index (χ4v) is 4.31. The molecule has 1 nitrogen and oxygen atoms in total. The number of benzene rings is 1. The van der Waals surface area contributed by atoms with Crippen LogP contribution in [-0.2, 0) is 0 Å². The molecule has 0 aliphatic heterocycles. The van der Waals surface area contributed by atoms with Gasteiger partial charge in [-0.2, -0.15) is 0 Å². The van der Waals surface area contributed by atoms with Crippen LogP contribution in [0.3, 0.4) is 0 Å². The van der Waals surface area contributed by atoms with Crippen LogP contribution < -0.4 is 5.32 Å². The van der Waals surface area contributed by atoms with Crippen molar-refractivity contribution in [3.05, 3.63) is 33.0 Å². The molecule has 3 unspecified atom stereocenters. The summed E-state index contributed by atoms with van der Waals surface area (Å²) in [4.78, 5) is 0. The van der Waals surface area contributed by atoms with Gasteiger partial charge < -0.3 is 5.32 Å². The topological polar surface area (TPSA) is 12.0 Å². The van der Waals surface area contributed by atoms with E-state index in [2.05, 4.69) is 28.2 Å². The monoisotopic (exact) mass is 345 g/mol. The van der Waals surface area contributed by atoms with E-state index in [1.165, 1.54) is 25.3 Å². The summed E-state index contributed by atoms with van der Waals surface area (Å²) in [5.74, 6) is 2.03. The molecule has 3 rings (SSSR count). The standard InChI is InChI=1S/C15H18BrClFN/c1-2-19-15(14-8-4-3-5-9(8)14)10-6-12(17)11(16)7-13(10)18/h6-9,14-15,19H,2-5H2,1H3. The molecule has 0 heterocycles. The molecule has 104 valence electrons. The molecule has 0 bridgehead atoms. The predicted molar refractivity (Wildman–Crippen MR) is 79.8 cm³/mol. The molecule has 19 heavy (non-hydrogen) atoms. The molecule has 4 heteroatoms. The molecule has 0 aromatic heterocycles. The molecule has 1 aromatic carbocycles. The smallest absolute Gasteiger partial charge is 0.129 e. The van der Waals surface area contributed by atoms with Crippen LogP contribution in [0.1, 0.15) is 37.8 Å². The zero-order chi connectivity index (χ0) is 13.6. The zero-order valence-corrected chi connectivity index (χ0v) is 13.3. The lowest BCUT2D eigenvalue weighted by atomic mass is 9.96. The van der Waals surface area contributed by atoms with Crippen molar-refractivity contribution in [3.63, 3.8) is 0 Å². The van der Waals surface area contributed by atoms with Gasteiger partial charge in [-0.05, 0) is 65.2 Å². The van der Waals surface area contributed by atoms with Gasteiger partial charge >= 0.3 is 0 Å². The fourth-order valence-electron chi connectivity index (χ4n) is 3.82. The number of nitrogens with one attached hydrogen (secondary N) is 1. The fraction of sp³-hybridized carbons (Fsp3) is 0.600. The largest absolute Gasteiger partial charge is 0.310 e. The molecule has 1 N–H and O–H groups in total. The van der Waals surface area contributed by atoms with Crippen molar-refractivity contribution in [2.75, 3.05) is 6.54 Å². The summed E-state index contributed by atoms with van der Waals surface area (Å²) >= 11 is 9.41. The molecule has 3 atom stereocenters. The quantitative estimate of drug-likeness (QED) is 0.762. The van der Waals surface area contributed by atoms with E-state index in [1.54, 1.807) is 6.07 Å². The number of hydrogen-bond donors (Lipinski definition) is 1. The Morgan fingerprint density at radius 1 is 1.42 bits per heavy atom. The van der Waals surface area contributed by atoms with E-state index in [4.69, 9.17) is 11.6 Å². The third-order valence-electron chi connectivity index (χ3n) is 4.66. The highest BCUT2D eigenvalue weighted by Gasteiger charge is 2.56. The number of rotatable bonds is 4. The second-order valence-corrected chi connectivity index (χ2v) is 6.92. The van der Waals surface area contributed by atoms with Crippen molar-refractivity contribution in [2.24, 2.45) is 17.8 Å². The zero-order valence-electron chi connectivity index (χ0n) is 10.9. The normalized spacial score (nSPS) is 30.2. The molecule has 0 amide bonds. The molecule has 0 spiro atoms. The van der Waals surface area contributed by atoms with Crippen LogP contribution in [0.2, 0.25) is 5.02 Å². The molecule has 0 saturated heterocycles. The van der Waals surface area contributed by atoms with E-state index in [0.29, 0.717) is 15.4 Å². The summed E-state index contributed by atoms with van der Waals surface area (Å²) in [7, 11) is 0. The Labute approximate surface area is 127 Å². The van der Waals surface area contributed by atoms with Gasteiger partial charge in [-0.25, -0.2) is 4.39 Å². The summed E-state index contributed by atoms with van der Waals surface area (Å²) in [5.41, 5.74) is 0.731. The van der Waals surface area contributed by atoms with Crippen LogP contribution in [0, 0.1) is 23.6 Å². The predicted octanol–water partition coefficient (Wildman–Crippen LogP) is 4.94. The first-order valence-electron chi connectivity index (χ1n) is 7.01. The Hall–Kier alpha value is -0.120. The van der Waals surface area contributed by atoms with Crippen molar-refractivity contribution < 1.29 is 4.39 Å².